The number of rotatable bonds is 8. The van der Waals surface area contributed by atoms with E-state index in [1.54, 1.807) is 26.0 Å². The second-order valence-corrected chi connectivity index (χ2v) is 7.09. The molecule has 0 saturated heterocycles. The van der Waals surface area contributed by atoms with Crippen molar-refractivity contribution < 1.29 is 29.6 Å². The molecular formula is C21H27NO6. The molecule has 1 unspecified atom stereocenters. The van der Waals surface area contributed by atoms with Gasteiger partial charge in [0.05, 0.1) is 23.9 Å². The molecule has 0 amide bonds. The molecule has 1 aliphatic rings. The Labute approximate surface area is 164 Å². The summed E-state index contributed by atoms with van der Waals surface area (Å²) in [6, 6.07) is 7.45. The average Bonchev–Trinajstić information content (AvgIpc) is 2.66. The molecular weight excluding hydrogens is 362 g/mol. The van der Waals surface area contributed by atoms with E-state index in [0.29, 0.717) is 31.4 Å². The lowest BCUT2D eigenvalue weighted by atomic mass is 9.77. The number of aliphatic hydroxyl groups excluding tert-OH is 1. The van der Waals surface area contributed by atoms with Crippen LogP contribution >= 0.6 is 0 Å². The third-order valence-corrected chi connectivity index (χ3v) is 5.42. The zero-order valence-corrected chi connectivity index (χ0v) is 16.7. The van der Waals surface area contributed by atoms with Crippen molar-refractivity contribution in [1.82, 2.24) is 4.90 Å². The highest BCUT2D eigenvalue weighted by atomic mass is 16.5. The highest BCUT2D eigenvalue weighted by Gasteiger charge is 2.47. The van der Waals surface area contributed by atoms with E-state index in [-0.39, 0.29) is 5.57 Å². The Balaban J connectivity index is 2.50. The third kappa shape index (κ3) is 3.83. The minimum Gasteiger partial charge on any atom is -0.505 e. The molecule has 0 aliphatic carbocycles. The van der Waals surface area contributed by atoms with Gasteiger partial charge in [0.15, 0.2) is 0 Å². The first kappa shape index (κ1) is 21.3. The molecule has 3 N–H and O–H groups in total. The van der Waals surface area contributed by atoms with Crippen LogP contribution in [-0.2, 0) is 16.0 Å². The van der Waals surface area contributed by atoms with Crippen LogP contribution in [-0.4, -0.2) is 51.9 Å². The number of hydrogen-bond acceptors (Lipinski definition) is 5. The summed E-state index contributed by atoms with van der Waals surface area (Å²) in [6.45, 7) is 3.63. The molecule has 1 aromatic rings. The molecule has 7 heteroatoms. The Morgan fingerprint density at radius 2 is 1.71 bits per heavy atom. The normalized spacial score (nSPS) is 19.8. The van der Waals surface area contributed by atoms with Gasteiger partial charge in [-0.05, 0) is 43.9 Å². The first-order valence-corrected chi connectivity index (χ1v) is 9.18. The van der Waals surface area contributed by atoms with E-state index in [0.717, 1.165) is 11.3 Å². The predicted molar refractivity (Wildman–Crippen MR) is 104 cm³/mol. The van der Waals surface area contributed by atoms with Crippen LogP contribution in [0.5, 0.6) is 5.75 Å². The van der Waals surface area contributed by atoms with Crippen molar-refractivity contribution in [3.05, 3.63) is 52.4 Å². The second kappa shape index (κ2) is 8.37. The minimum absolute atomic E-state index is 0.298. The minimum atomic E-state index is -1.44. The molecule has 0 radical (unpaired) electrons. The van der Waals surface area contributed by atoms with E-state index in [1.165, 1.54) is 0 Å². The highest BCUT2D eigenvalue weighted by molar-refractivity contribution is 6.03. The molecule has 1 heterocycles. The number of benzene rings is 1. The quantitative estimate of drug-likeness (QED) is 0.626. The van der Waals surface area contributed by atoms with Gasteiger partial charge in [-0.1, -0.05) is 25.5 Å². The molecule has 1 aliphatic heterocycles. The van der Waals surface area contributed by atoms with Gasteiger partial charge in [0, 0.05) is 7.05 Å². The number of carboxylic acids is 2. The molecule has 0 fully saturated rings. The Morgan fingerprint density at radius 1 is 1.11 bits per heavy atom. The van der Waals surface area contributed by atoms with Gasteiger partial charge in [0.2, 0.25) is 0 Å². The van der Waals surface area contributed by atoms with E-state index in [2.05, 4.69) is 0 Å². The van der Waals surface area contributed by atoms with Gasteiger partial charge in [0.25, 0.3) is 0 Å². The van der Waals surface area contributed by atoms with E-state index < -0.39 is 28.8 Å². The standard InChI is InChI=1S/C21H27NO6/c1-5-6-15-18(23)16(19(24)25)17(20(26)27)21(2,22(15)3)12-11-13-7-9-14(28-4)10-8-13/h7-10,23H,5-6,11-12H2,1-4H3,(H,24,25)(H,26,27). The van der Waals surface area contributed by atoms with E-state index in [9.17, 15) is 24.9 Å². The molecule has 7 nitrogen and oxygen atoms in total. The van der Waals surface area contributed by atoms with E-state index >= 15 is 0 Å². The molecule has 0 aromatic heterocycles. The first-order chi connectivity index (χ1) is 13.2. The fourth-order valence-corrected chi connectivity index (χ4v) is 3.70. The number of carbonyl (C=O) groups is 2. The molecule has 1 atom stereocenters. The number of carboxylic acid groups (broad SMARTS) is 2. The monoisotopic (exact) mass is 389 g/mol. The molecule has 28 heavy (non-hydrogen) atoms. The van der Waals surface area contributed by atoms with Crippen molar-refractivity contribution in [3.8, 4) is 5.75 Å². The topological polar surface area (TPSA) is 107 Å². The van der Waals surface area contributed by atoms with E-state index in [1.807, 2.05) is 31.2 Å². The van der Waals surface area contributed by atoms with Gasteiger partial charge in [0.1, 0.15) is 17.1 Å². The second-order valence-electron chi connectivity index (χ2n) is 7.09. The third-order valence-electron chi connectivity index (χ3n) is 5.42. The summed E-state index contributed by atoms with van der Waals surface area (Å²) in [7, 11) is 3.29. The van der Waals surface area contributed by atoms with Crippen molar-refractivity contribution in [1.29, 1.82) is 0 Å². The molecule has 2 rings (SSSR count). The van der Waals surface area contributed by atoms with E-state index in [4.69, 9.17) is 4.74 Å². The lowest BCUT2D eigenvalue weighted by Crippen LogP contribution is -2.51. The smallest absolute Gasteiger partial charge is 0.340 e. The summed E-state index contributed by atoms with van der Waals surface area (Å²) in [5.74, 6) is -2.52. The van der Waals surface area contributed by atoms with Crippen molar-refractivity contribution in [2.24, 2.45) is 0 Å². The van der Waals surface area contributed by atoms with Gasteiger partial charge in [-0.3, -0.25) is 0 Å². The van der Waals surface area contributed by atoms with Crippen LogP contribution in [0.3, 0.4) is 0 Å². The fraction of sp³-hybridized carbons (Fsp3) is 0.429. The summed E-state index contributed by atoms with van der Waals surface area (Å²) >= 11 is 0. The van der Waals surface area contributed by atoms with Crippen molar-refractivity contribution >= 4 is 11.9 Å². The average molecular weight is 389 g/mol. The number of ether oxygens (including phenoxy) is 1. The maximum Gasteiger partial charge on any atom is 0.340 e. The Bertz CT molecular complexity index is 824. The summed E-state index contributed by atoms with van der Waals surface area (Å²) in [5, 5.41) is 30.0. The molecule has 0 bridgehead atoms. The Kier molecular flexibility index (Phi) is 6.38. The maximum atomic E-state index is 12.0. The lowest BCUT2D eigenvalue weighted by molar-refractivity contribution is -0.137. The number of methoxy groups -OCH3 is 1. The Morgan fingerprint density at radius 3 is 2.18 bits per heavy atom. The van der Waals surface area contributed by atoms with Crippen molar-refractivity contribution in [2.45, 2.75) is 45.1 Å². The fourth-order valence-electron chi connectivity index (χ4n) is 3.70. The summed E-state index contributed by atoms with van der Waals surface area (Å²) in [5.41, 5.74) is -0.481. The van der Waals surface area contributed by atoms with Crippen LogP contribution in [0.1, 0.15) is 38.7 Å². The highest BCUT2D eigenvalue weighted by Crippen LogP contribution is 2.42. The zero-order chi connectivity index (χ0) is 21.1. The summed E-state index contributed by atoms with van der Waals surface area (Å²) in [4.78, 5) is 25.6. The van der Waals surface area contributed by atoms with Gasteiger partial charge >= 0.3 is 11.9 Å². The molecule has 152 valence electrons. The van der Waals surface area contributed by atoms with Gasteiger partial charge < -0.3 is 25.0 Å². The Hall–Kier alpha value is -2.96. The largest absolute Gasteiger partial charge is 0.505 e. The summed E-state index contributed by atoms with van der Waals surface area (Å²) < 4.78 is 5.15. The molecule has 0 saturated carbocycles. The lowest BCUT2D eigenvalue weighted by Gasteiger charge is -2.46. The van der Waals surface area contributed by atoms with Crippen LogP contribution < -0.4 is 4.74 Å². The number of aliphatic carboxylic acids is 2. The number of aryl methyl sites for hydroxylation is 1. The summed E-state index contributed by atoms with van der Waals surface area (Å²) in [6.07, 6.45) is 2.04. The zero-order valence-electron chi connectivity index (χ0n) is 16.7. The first-order valence-electron chi connectivity index (χ1n) is 9.18. The number of likely N-dealkylation sites (N-methyl/N-ethyl adjacent to an activating group) is 1. The van der Waals surface area contributed by atoms with Crippen LogP contribution in [0, 0.1) is 0 Å². The van der Waals surface area contributed by atoms with Crippen LogP contribution in [0.15, 0.2) is 46.9 Å². The van der Waals surface area contributed by atoms with Crippen LogP contribution in [0.25, 0.3) is 0 Å². The predicted octanol–water partition coefficient (Wildman–Crippen LogP) is 3.37. The molecule has 1 aromatic carbocycles. The van der Waals surface area contributed by atoms with Gasteiger partial charge in [-0.25, -0.2) is 9.59 Å². The number of nitrogens with zero attached hydrogens (tertiary/aromatic N) is 1. The number of hydrogen-bond donors (Lipinski definition) is 3. The van der Waals surface area contributed by atoms with Crippen molar-refractivity contribution in [2.75, 3.05) is 14.2 Å². The van der Waals surface area contributed by atoms with Crippen LogP contribution in [0.2, 0.25) is 0 Å². The van der Waals surface area contributed by atoms with Crippen LogP contribution in [0.4, 0.5) is 0 Å². The maximum absolute atomic E-state index is 12.0. The van der Waals surface area contributed by atoms with Gasteiger partial charge in [-0.15, -0.1) is 0 Å². The van der Waals surface area contributed by atoms with Crippen molar-refractivity contribution in [3.63, 3.8) is 0 Å². The molecule has 0 spiro atoms. The van der Waals surface area contributed by atoms with Gasteiger partial charge in [-0.2, -0.15) is 0 Å². The number of aliphatic hydroxyl groups is 1. The number of allylic oxidation sites excluding steroid dienone is 1. The SMILES string of the molecule is CCCC1=C(O)C(C(=O)O)=C(C(=O)O)C(C)(CCc2ccc(OC)cc2)N1C.